The normalized spacial score (nSPS) is 14.6. The van der Waals surface area contributed by atoms with Gasteiger partial charge in [-0.1, -0.05) is 41.9 Å². The Balaban J connectivity index is 1.48. The van der Waals surface area contributed by atoms with Gasteiger partial charge in [0, 0.05) is 17.1 Å². The summed E-state index contributed by atoms with van der Waals surface area (Å²) < 4.78 is 121. The molecule has 4 aromatic rings. The number of ether oxygens (including phenoxy) is 1. The van der Waals surface area contributed by atoms with Crippen molar-refractivity contribution in [2.75, 3.05) is 18.1 Å². The SMILES string of the molecule is CCOc1cc(C(O)O)ccc1N(Cc1cc(C2CC2)cc(C2CC2)c1)C(=O)CN(Cc1ccc(F)cc1Cl)S(=O)(=O)c1c(F)c(F)c(F)c(F)c1F. The summed E-state index contributed by atoms with van der Waals surface area (Å²) in [4.78, 5) is 13.5. The summed E-state index contributed by atoms with van der Waals surface area (Å²) >= 11 is 6.16. The molecule has 282 valence electrons. The van der Waals surface area contributed by atoms with Gasteiger partial charge < -0.3 is 19.8 Å². The minimum absolute atomic E-state index is 0.00202. The number of aliphatic hydroxyl groups excluding tert-OH is 1. The maximum atomic E-state index is 15.1. The highest BCUT2D eigenvalue weighted by Crippen LogP contribution is 2.46. The third-order valence-electron chi connectivity index (χ3n) is 9.09. The van der Waals surface area contributed by atoms with Gasteiger partial charge in [-0.25, -0.2) is 34.8 Å². The molecule has 6 rings (SSSR count). The number of benzene rings is 4. The molecule has 0 saturated heterocycles. The number of carbonyl (C=O) groups excluding carboxylic acids is 1. The van der Waals surface area contributed by atoms with Gasteiger partial charge in [-0.2, -0.15) is 4.31 Å². The van der Waals surface area contributed by atoms with Gasteiger partial charge in [-0.05, 0) is 91.0 Å². The fraction of sp³-hybridized carbons (Fsp3) is 0.324. The third-order valence-corrected chi connectivity index (χ3v) is 11.3. The maximum absolute atomic E-state index is 15.1. The van der Waals surface area contributed by atoms with Crippen LogP contribution in [-0.4, -0.2) is 42.0 Å². The van der Waals surface area contributed by atoms with E-state index < -0.39 is 75.1 Å². The fourth-order valence-electron chi connectivity index (χ4n) is 6.06. The van der Waals surface area contributed by atoms with Crippen LogP contribution in [0.5, 0.6) is 5.75 Å². The van der Waals surface area contributed by atoms with E-state index in [1.54, 1.807) is 6.92 Å². The summed E-state index contributed by atoms with van der Waals surface area (Å²) in [6, 6.07) is 12.6. The van der Waals surface area contributed by atoms with Crippen molar-refractivity contribution in [1.29, 1.82) is 0 Å². The quantitative estimate of drug-likeness (QED) is 0.0587. The van der Waals surface area contributed by atoms with Crippen LogP contribution < -0.4 is 9.64 Å². The zero-order valence-electron chi connectivity index (χ0n) is 28.1. The van der Waals surface area contributed by atoms with Crippen LogP contribution in [0.4, 0.5) is 32.0 Å². The van der Waals surface area contributed by atoms with E-state index in [0.29, 0.717) is 17.4 Å². The van der Waals surface area contributed by atoms with Crippen LogP contribution in [0.15, 0.2) is 59.5 Å². The molecule has 53 heavy (non-hydrogen) atoms. The molecule has 1 amide bonds. The Hall–Kier alpha value is -4.15. The number of hydrogen-bond donors (Lipinski definition) is 2. The smallest absolute Gasteiger partial charge is 0.249 e. The minimum Gasteiger partial charge on any atom is -0.492 e. The van der Waals surface area contributed by atoms with Crippen molar-refractivity contribution in [3.05, 3.63) is 122 Å². The Labute approximate surface area is 306 Å². The molecule has 0 bridgehead atoms. The van der Waals surface area contributed by atoms with Crippen LogP contribution in [0.2, 0.25) is 5.02 Å². The second-order valence-electron chi connectivity index (χ2n) is 13.0. The molecule has 2 N–H and O–H groups in total. The third kappa shape index (κ3) is 8.19. The van der Waals surface area contributed by atoms with Gasteiger partial charge in [0.25, 0.3) is 0 Å². The first-order chi connectivity index (χ1) is 25.1. The average Bonchev–Trinajstić information content (AvgIpc) is 4.04. The van der Waals surface area contributed by atoms with Crippen LogP contribution in [0.3, 0.4) is 0 Å². The van der Waals surface area contributed by atoms with Gasteiger partial charge in [-0.3, -0.25) is 4.79 Å². The van der Waals surface area contributed by atoms with Gasteiger partial charge in [0.2, 0.25) is 21.7 Å². The Morgan fingerprint density at radius 2 is 1.42 bits per heavy atom. The molecule has 2 aliphatic rings. The molecule has 0 unspecified atom stereocenters. The molecule has 8 nitrogen and oxygen atoms in total. The van der Waals surface area contributed by atoms with Crippen molar-refractivity contribution in [3.63, 3.8) is 0 Å². The van der Waals surface area contributed by atoms with Crippen molar-refractivity contribution in [2.45, 2.75) is 68.7 Å². The molecule has 0 atom stereocenters. The van der Waals surface area contributed by atoms with E-state index in [0.717, 1.165) is 59.9 Å². The lowest BCUT2D eigenvalue weighted by atomic mass is 9.99. The first-order valence-corrected chi connectivity index (χ1v) is 18.4. The van der Waals surface area contributed by atoms with E-state index in [2.05, 4.69) is 6.07 Å². The highest BCUT2D eigenvalue weighted by atomic mass is 35.5. The predicted octanol–water partition coefficient (Wildman–Crippen LogP) is 7.74. The van der Waals surface area contributed by atoms with Gasteiger partial charge in [0.1, 0.15) is 11.6 Å². The number of rotatable bonds is 14. The summed E-state index contributed by atoms with van der Waals surface area (Å²) in [6.07, 6.45) is 1.99. The van der Waals surface area contributed by atoms with E-state index in [-0.39, 0.29) is 45.0 Å². The lowest BCUT2D eigenvalue weighted by Gasteiger charge is -2.29. The molecule has 2 aliphatic carbocycles. The molecular weight excluding hydrogens is 750 g/mol. The van der Waals surface area contributed by atoms with E-state index in [1.807, 2.05) is 12.1 Å². The fourth-order valence-corrected chi connectivity index (χ4v) is 7.77. The molecule has 4 aromatic carbocycles. The summed E-state index contributed by atoms with van der Waals surface area (Å²) in [5.41, 5.74) is 2.64. The highest BCUT2D eigenvalue weighted by molar-refractivity contribution is 7.89. The number of amides is 1. The van der Waals surface area contributed by atoms with Crippen LogP contribution >= 0.6 is 11.6 Å². The van der Waals surface area contributed by atoms with Crippen LogP contribution in [0.25, 0.3) is 0 Å². The molecule has 2 saturated carbocycles. The van der Waals surface area contributed by atoms with Crippen molar-refractivity contribution >= 4 is 33.2 Å². The molecule has 0 aromatic heterocycles. The summed E-state index contributed by atoms with van der Waals surface area (Å²) in [6.45, 7) is -0.731. The molecule has 0 spiro atoms. The topological polar surface area (TPSA) is 107 Å². The second-order valence-corrected chi connectivity index (χ2v) is 15.3. The molecule has 0 radical (unpaired) electrons. The molecule has 16 heteroatoms. The van der Waals surface area contributed by atoms with Crippen molar-refractivity contribution in [1.82, 2.24) is 4.31 Å². The van der Waals surface area contributed by atoms with E-state index in [9.17, 15) is 41.0 Å². The van der Waals surface area contributed by atoms with E-state index >= 15 is 8.78 Å². The van der Waals surface area contributed by atoms with E-state index in [1.165, 1.54) is 18.2 Å². The number of hydrogen-bond acceptors (Lipinski definition) is 6. The Morgan fingerprint density at radius 1 is 0.830 bits per heavy atom. The summed E-state index contributed by atoms with van der Waals surface area (Å²) in [5.74, 6) is -14.2. The highest BCUT2D eigenvalue weighted by Gasteiger charge is 2.39. The van der Waals surface area contributed by atoms with Gasteiger partial charge in [0.05, 0.1) is 25.4 Å². The molecular formula is C37H33ClF6N2O6S. The molecule has 0 heterocycles. The number of carbonyl (C=O) groups is 1. The first-order valence-electron chi connectivity index (χ1n) is 16.6. The summed E-state index contributed by atoms with van der Waals surface area (Å²) in [5, 5.41) is 19.3. The van der Waals surface area contributed by atoms with Gasteiger partial charge in [0.15, 0.2) is 34.5 Å². The number of halogens is 7. The number of nitrogens with zero attached hydrogens (tertiary/aromatic N) is 2. The van der Waals surface area contributed by atoms with Crippen molar-refractivity contribution in [2.24, 2.45) is 0 Å². The standard InChI is InChI=1S/C37H33ClF6N2O6S/c1-2-52-29-14-22(37(48)49)8-10-28(29)46(16-19-11-24(20-3-4-20)13-25(12-19)21-5-6-21)30(47)18-45(17-23-7-9-26(39)15-27(23)38)53(50,51)36-34(43)32(41)31(40)33(42)35(36)44/h7-15,20-21,37,48-49H,2-6,16-18H2,1H3. The lowest BCUT2D eigenvalue weighted by molar-refractivity contribution is -0.119. The Kier molecular flexibility index (Phi) is 11.1. The average molecular weight is 783 g/mol. The molecule has 2 fully saturated rings. The maximum Gasteiger partial charge on any atom is 0.249 e. The minimum atomic E-state index is -5.75. The number of anilines is 1. The second kappa shape index (κ2) is 15.3. The van der Waals surface area contributed by atoms with Crippen LogP contribution in [-0.2, 0) is 27.9 Å². The Morgan fingerprint density at radius 3 is 1.94 bits per heavy atom. The Bertz CT molecular complexity index is 2120. The summed E-state index contributed by atoms with van der Waals surface area (Å²) in [7, 11) is -5.75. The predicted molar refractivity (Wildman–Crippen MR) is 182 cm³/mol. The number of sulfonamides is 1. The lowest BCUT2D eigenvalue weighted by Crippen LogP contribution is -2.43. The largest absolute Gasteiger partial charge is 0.492 e. The number of aliphatic hydroxyl groups is 2. The monoisotopic (exact) mass is 782 g/mol. The molecule has 0 aliphatic heterocycles. The first kappa shape index (κ1) is 38.6. The van der Waals surface area contributed by atoms with Crippen molar-refractivity contribution < 1.29 is 54.5 Å². The van der Waals surface area contributed by atoms with Gasteiger partial charge in [-0.15, -0.1) is 0 Å². The van der Waals surface area contributed by atoms with Crippen LogP contribution in [0, 0.1) is 34.9 Å². The van der Waals surface area contributed by atoms with E-state index in [4.69, 9.17) is 16.3 Å². The zero-order chi connectivity index (χ0) is 38.4. The zero-order valence-corrected chi connectivity index (χ0v) is 29.6. The van der Waals surface area contributed by atoms with Gasteiger partial charge >= 0.3 is 0 Å². The van der Waals surface area contributed by atoms with Crippen molar-refractivity contribution in [3.8, 4) is 5.75 Å². The van der Waals surface area contributed by atoms with Crippen LogP contribution in [0.1, 0.15) is 78.6 Å².